The average Bonchev–Trinajstić information content (AvgIpc) is 2.70. The smallest absolute Gasteiger partial charge is 0.408 e. The molecule has 1 atom stereocenters. The number of carbonyl (C=O) groups excluding carboxylic acids is 3. The minimum atomic E-state index is -0.671. The molecule has 1 unspecified atom stereocenters. The zero-order valence-electron chi connectivity index (χ0n) is 18.8. The van der Waals surface area contributed by atoms with Gasteiger partial charge in [-0.2, -0.15) is 0 Å². The number of nitrogens with zero attached hydrogens (tertiary/aromatic N) is 2. The third-order valence-corrected chi connectivity index (χ3v) is 5.06. The molecule has 0 saturated carbocycles. The zero-order valence-corrected chi connectivity index (χ0v) is 18.8. The first-order valence-electron chi connectivity index (χ1n) is 10.8. The number of ether oxygens (including phenoxy) is 1. The fourth-order valence-corrected chi connectivity index (χ4v) is 3.65. The molecule has 0 bridgehead atoms. The molecule has 3 amide bonds. The Morgan fingerprint density at radius 1 is 1.17 bits per heavy atom. The van der Waals surface area contributed by atoms with Crippen molar-refractivity contribution in [2.75, 3.05) is 19.6 Å². The van der Waals surface area contributed by atoms with Gasteiger partial charge in [-0.25, -0.2) is 4.79 Å². The van der Waals surface area contributed by atoms with E-state index in [1.54, 1.807) is 27.7 Å². The van der Waals surface area contributed by atoms with Gasteiger partial charge in [0.05, 0.1) is 0 Å². The summed E-state index contributed by atoms with van der Waals surface area (Å²) in [6.45, 7) is 10.9. The van der Waals surface area contributed by atoms with E-state index in [2.05, 4.69) is 5.32 Å². The Morgan fingerprint density at radius 2 is 1.77 bits per heavy atom. The van der Waals surface area contributed by atoms with Gasteiger partial charge >= 0.3 is 6.09 Å². The van der Waals surface area contributed by atoms with Gasteiger partial charge < -0.3 is 19.9 Å². The van der Waals surface area contributed by atoms with E-state index in [0.717, 1.165) is 19.3 Å². The van der Waals surface area contributed by atoms with Crippen molar-refractivity contribution in [1.29, 1.82) is 0 Å². The number of hydrogen-bond donors (Lipinski definition) is 1. The van der Waals surface area contributed by atoms with Gasteiger partial charge in [-0.05, 0) is 59.1 Å². The fourth-order valence-electron chi connectivity index (χ4n) is 3.65. The molecule has 0 spiro atoms. The molecule has 0 aromatic heterocycles. The first-order valence-corrected chi connectivity index (χ1v) is 10.8. The topological polar surface area (TPSA) is 79.0 Å². The van der Waals surface area contributed by atoms with Crippen molar-refractivity contribution in [3.63, 3.8) is 0 Å². The Hall–Kier alpha value is -2.57. The van der Waals surface area contributed by atoms with Crippen molar-refractivity contribution in [3.05, 3.63) is 35.9 Å². The average molecular weight is 418 g/mol. The lowest BCUT2D eigenvalue weighted by molar-refractivity contribution is -0.136. The van der Waals surface area contributed by atoms with Crippen LogP contribution in [-0.4, -0.2) is 65.0 Å². The Morgan fingerprint density at radius 3 is 2.30 bits per heavy atom. The SMILES string of the molecule is CCCN(C(=O)C(C)NC(=O)OC(C)(C)C)C1CCN(C(=O)c2ccccc2)CC1. The first-order chi connectivity index (χ1) is 14.1. The molecule has 166 valence electrons. The van der Waals surface area contributed by atoms with Crippen molar-refractivity contribution < 1.29 is 19.1 Å². The summed E-state index contributed by atoms with van der Waals surface area (Å²) < 4.78 is 5.26. The van der Waals surface area contributed by atoms with E-state index in [-0.39, 0.29) is 17.9 Å². The van der Waals surface area contributed by atoms with E-state index in [0.29, 0.717) is 25.2 Å². The van der Waals surface area contributed by atoms with Crippen LogP contribution in [0.4, 0.5) is 4.79 Å². The van der Waals surface area contributed by atoms with Gasteiger partial charge in [0.25, 0.3) is 5.91 Å². The molecule has 7 nitrogen and oxygen atoms in total. The molecule has 1 aliphatic rings. The highest BCUT2D eigenvalue weighted by atomic mass is 16.6. The van der Waals surface area contributed by atoms with Crippen molar-refractivity contribution in [3.8, 4) is 0 Å². The van der Waals surface area contributed by atoms with Crippen LogP contribution in [-0.2, 0) is 9.53 Å². The van der Waals surface area contributed by atoms with Crippen LogP contribution >= 0.6 is 0 Å². The van der Waals surface area contributed by atoms with Crippen LogP contribution < -0.4 is 5.32 Å². The summed E-state index contributed by atoms with van der Waals surface area (Å²) in [7, 11) is 0. The molecule has 30 heavy (non-hydrogen) atoms. The second-order valence-electron chi connectivity index (χ2n) is 8.79. The summed E-state index contributed by atoms with van der Waals surface area (Å²) in [5.74, 6) is -0.0853. The molecule has 1 heterocycles. The van der Waals surface area contributed by atoms with Crippen LogP contribution in [0.2, 0.25) is 0 Å². The van der Waals surface area contributed by atoms with E-state index in [1.807, 2.05) is 47.1 Å². The maximum Gasteiger partial charge on any atom is 0.408 e. The molecule has 1 aromatic carbocycles. The minimum absolute atomic E-state index is 0.0300. The van der Waals surface area contributed by atoms with Crippen LogP contribution in [0, 0.1) is 0 Å². The Bertz CT molecular complexity index is 722. The summed E-state index contributed by atoms with van der Waals surface area (Å²) in [5, 5.41) is 2.65. The summed E-state index contributed by atoms with van der Waals surface area (Å²) >= 11 is 0. The van der Waals surface area contributed by atoms with E-state index < -0.39 is 17.7 Å². The van der Waals surface area contributed by atoms with Gasteiger partial charge in [0, 0.05) is 31.2 Å². The highest BCUT2D eigenvalue weighted by Crippen LogP contribution is 2.20. The van der Waals surface area contributed by atoms with Crippen LogP contribution in [0.3, 0.4) is 0 Å². The van der Waals surface area contributed by atoms with Crippen molar-refractivity contribution in [2.24, 2.45) is 0 Å². The summed E-state index contributed by atoms with van der Waals surface area (Å²) in [4.78, 5) is 41.4. The summed E-state index contributed by atoms with van der Waals surface area (Å²) in [6.07, 6.45) is 1.68. The van der Waals surface area contributed by atoms with Crippen LogP contribution in [0.5, 0.6) is 0 Å². The molecule has 2 rings (SSSR count). The van der Waals surface area contributed by atoms with E-state index in [1.165, 1.54) is 0 Å². The maximum atomic E-state index is 13.0. The van der Waals surface area contributed by atoms with Gasteiger partial charge in [-0.3, -0.25) is 9.59 Å². The number of rotatable bonds is 6. The van der Waals surface area contributed by atoms with Gasteiger partial charge in [0.1, 0.15) is 11.6 Å². The number of piperidine rings is 1. The molecule has 1 N–H and O–H groups in total. The standard InChI is InChI=1S/C23H35N3O4/c1-6-14-26(20(27)17(2)24-22(29)30-23(3,4)5)19-12-15-25(16-13-19)21(28)18-10-8-7-9-11-18/h7-11,17,19H,6,12-16H2,1-5H3,(H,24,29). The minimum Gasteiger partial charge on any atom is -0.444 e. The van der Waals surface area contributed by atoms with Crippen LogP contribution in [0.1, 0.15) is 64.2 Å². The van der Waals surface area contributed by atoms with Crippen LogP contribution in [0.15, 0.2) is 30.3 Å². The molecule has 1 fully saturated rings. The van der Waals surface area contributed by atoms with E-state index >= 15 is 0 Å². The number of alkyl carbamates (subject to hydrolysis) is 1. The van der Waals surface area contributed by atoms with Crippen molar-refractivity contribution in [1.82, 2.24) is 15.1 Å². The van der Waals surface area contributed by atoms with Crippen LogP contribution in [0.25, 0.3) is 0 Å². The first kappa shape index (κ1) is 23.7. The lowest BCUT2D eigenvalue weighted by atomic mass is 10.0. The summed E-state index contributed by atoms with van der Waals surface area (Å²) in [6, 6.07) is 8.65. The molecule has 0 radical (unpaired) electrons. The Labute approximate surface area is 179 Å². The molecule has 1 aromatic rings. The molecule has 1 aliphatic heterocycles. The third-order valence-electron chi connectivity index (χ3n) is 5.06. The normalized spacial score (nSPS) is 16.0. The van der Waals surface area contributed by atoms with Gasteiger partial charge in [-0.1, -0.05) is 25.1 Å². The van der Waals surface area contributed by atoms with E-state index in [9.17, 15) is 14.4 Å². The molecule has 1 saturated heterocycles. The lowest BCUT2D eigenvalue weighted by Gasteiger charge is -2.39. The quantitative estimate of drug-likeness (QED) is 0.769. The predicted molar refractivity (Wildman–Crippen MR) is 116 cm³/mol. The number of carbonyl (C=O) groups is 3. The fraction of sp³-hybridized carbons (Fsp3) is 0.609. The second kappa shape index (κ2) is 10.5. The van der Waals surface area contributed by atoms with Crippen molar-refractivity contribution >= 4 is 17.9 Å². The monoisotopic (exact) mass is 417 g/mol. The molecule has 7 heteroatoms. The molecular weight excluding hydrogens is 382 g/mol. The number of benzene rings is 1. The zero-order chi connectivity index (χ0) is 22.3. The van der Waals surface area contributed by atoms with Gasteiger partial charge in [-0.15, -0.1) is 0 Å². The lowest BCUT2D eigenvalue weighted by Crippen LogP contribution is -2.54. The predicted octanol–water partition coefficient (Wildman–Crippen LogP) is 3.44. The largest absolute Gasteiger partial charge is 0.444 e. The molecule has 0 aliphatic carbocycles. The third kappa shape index (κ3) is 6.75. The number of amides is 3. The maximum absolute atomic E-state index is 13.0. The summed E-state index contributed by atoms with van der Waals surface area (Å²) in [5.41, 5.74) is 0.0706. The number of hydrogen-bond acceptors (Lipinski definition) is 4. The van der Waals surface area contributed by atoms with E-state index in [4.69, 9.17) is 4.74 Å². The highest BCUT2D eigenvalue weighted by molar-refractivity contribution is 5.94. The Balaban J connectivity index is 1.95. The van der Waals surface area contributed by atoms with Gasteiger partial charge in [0.15, 0.2) is 0 Å². The number of nitrogens with one attached hydrogen (secondary N) is 1. The Kier molecular flexibility index (Phi) is 8.26. The van der Waals surface area contributed by atoms with Crippen molar-refractivity contribution in [2.45, 2.75) is 71.6 Å². The highest BCUT2D eigenvalue weighted by Gasteiger charge is 2.32. The second-order valence-corrected chi connectivity index (χ2v) is 8.79. The number of likely N-dealkylation sites (tertiary alicyclic amines) is 1. The molecular formula is C23H35N3O4. The van der Waals surface area contributed by atoms with Gasteiger partial charge in [0.2, 0.25) is 5.91 Å².